The van der Waals surface area contributed by atoms with E-state index in [0.29, 0.717) is 37.2 Å². The number of halogens is 5. The van der Waals surface area contributed by atoms with Crippen molar-refractivity contribution < 1.29 is 51.2 Å². The van der Waals surface area contributed by atoms with Gasteiger partial charge in [0, 0.05) is 30.4 Å². The van der Waals surface area contributed by atoms with Crippen LogP contribution in [0.4, 0.5) is 33.3 Å². The highest BCUT2D eigenvalue weighted by molar-refractivity contribution is 5.95. The molecule has 1 heterocycles. The average molecular weight is 718 g/mol. The van der Waals surface area contributed by atoms with E-state index in [1.807, 2.05) is 49.1 Å². The number of aliphatic carboxylic acids is 1. The number of carboxylic acids is 2. The van der Waals surface area contributed by atoms with Gasteiger partial charge in [-0.3, -0.25) is 5.41 Å². The molecule has 4 aromatic rings. The quantitative estimate of drug-likeness (QED) is 0.0492. The van der Waals surface area contributed by atoms with Crippen molar-refractivity contribution in [1.82, 2.24) is 4.98 Å². The summed E-state index contributed by atoms with van der Waals surface area (Å²) in [5.41, 5.74) is 6.87. The van der Waals surface area contributed by atoms with E-state index in [0.717, 1.165) is 5.56 Å². The van der Waals surface area contributed by atoms with Gasteiger partial charge in [0.05, 0.1) is 0 Å². The van der Waals surface area contributed by atoms with Crippen molar-refractivity contribution in [3.05, 3.63) is 101 Å². The van der Waals surface area contributed by atoms with Gasteiger partial charge >= 0.3 is 18.1 Å². The minimum Gasteiger partial charge on any atom is -0.478 e. The van der Waals surface area contributed by atoms with Crippen molar-refractivity contribution >= 4 is 29.1 Å². The Kier molecular flexibility index (Phi) is 13.7. The molecule has 0 spiro atoms. The first-order chi connectivity index (χ1) is 24.0. The van der Waals surface area contributed by atoms with Crippen LogP contribution in [0.15, 0.2) is 72.8 Å². The Balaban J connectivity index is 0.000000908. The van der Waals surface area contributed by atoms with Crippen molar-refractivity contribution in [3.63, 3.8) is 0 Å². The summed E-state index contributed by atoms with van der Waals surface area (Å²) in [6.07, 6.45) is -3.87. The minimum atomic E-state index is -5.08. The van der Waals surface area contributed by atoms with Crippen LogP contribution in [0.25, 0.3) is 0 Å². The first-order valence-electron chi connectivity index (χ1n) is 15.5. The number of nitrogens with zero attached hydrogens (tertiary/aromatic N) is 2. The monoisotopic (exact) mass is 717 g/mol. The Labute approximate surface area is 290 Å². The lowest BCUT2D eigenvalue weighted by molar-refractivity contribution is -0.192. The summed E-state index contributed by atoms with van der Waals surface area (Å²) in [7, 11) is 0. The number of rotatable bonds is 14. The number of anilines is 2. The zero-order valence-corrected chi connectivity index (χ0v) is 27.7. The van der Waals surface area contributed by atoms with Crippen molar-refractivity contribution in [3.8, 4) is 23.3 Å². The summed E-state index contributed by atoms with van der Waals surface area (Å²) in [6.45, 7) is 6.96. The van der Waals surface area contributed by atoms with E-state index in [2.05, 4.69) is 10.3 Å². The number of aryl methyl sites for hydroxylation is 1. The molecule has 1 unspecified atom stereocenters. The molecule has 0 radical (unpaired) electrons. The van der Waals surface area contributed by atoms with Gasteiger partial charge in [0.15, 0.2) is 0 Å². The number of carboxylic acid groups (broad SMARTS) is 2. The molecule has 0 fully saturated rings. The summed E-state index contributed by atoms with van der Waals surface area (Å²) >= 11 is 0. The molecule has 0 amide bonds. The van der Waals surface area contributed by atoms with Crippen LogP contribution >= 0.6 is 0 Å². The van der Waals surface area contributed by atoms with Gasteiger partial charge < -0.3 is 35.6 Å². The fourth-order valence-electron chi connectivity index (χ4n) is 4.61. The molecule has 16 heteroatoms. The molecular formula is C35H36F5N5O6. The van der Waals surface area contributed by atoms with Crippen LogP contribution in [0.1, 0.15) is 48.7 Å². The number of pyridine rings is 1. The molecule has 272 valence electrons. The summed E-state index contributed by atoms with van der Waals surface area (Å²) in [4.78, 5) is 27.0. The number of hydrogen-bond donors (Lipinski definition) is 5. The molecule has 51 heavy (non-hydrogen) atoms. The topological polar surface area (TPSA) is 171 Å². The smallest absolute Gasteiger partial charge is 0.478 e. The highest BCUT2D eigenvalue weighted by Crippen LogP contribution is 2.38. The largest absolute Gasteiger partial charge is 0.490 e. The van der Waals surface area contributed by atoms with Gasteiger partial charge in [0.25, 0.3) is 11.8 Å². The fourth-order valence-corrected chi connectivity index (χ4v) is 4.61. The van der Waals surface area contributed by atoms with Crippen LogP contribution in [0, 0.1) is 17.0 Å². The summed E-state index contributed by atoms with van der Waals surface area (Å²) in [5.74, 6) is -7.91. The van der Waals surface area contributed by atoms with Gasteiger partial charge in [-0.2, -0.15) is 26.9 Å². The molecule has 6 N–H and O–H groups in total. The highest BCUT2D eigenvalue weighted by atomic mass is 19.4. The normalized spacial score (nSPS) is 11.5. The molecule has 0 bridgehead atoms. The third-order valence-electron chi connectivity index (χ3n) is 7.25. The molecule has 3 aromatic carbocycles. The lowest BCUT2D eigenvalue weighted by atomic mass is 10.1. The zero-order chi connectivity index (χ0) is 37.9. The van der Waals surface area contributed by atoms with Gasteiger partial charge in [-0.25, -0.2) is 9.59 Å². The van der Waals surface area contributed by atoms with E-state index < -0.39 is 47.2 Å². The zero-order valence-electron chi connectivity index (χ0n) is 27.7. The third kappa shape index (κ3) is 11.0. The van der Waals surface area contributed by atoms with Gasteiger partial charge in [-0.15, -0.1) is 0 Å². The lowest BCUT2D eigenvalue weighted by Crippen LogP contribution is -2.22. The van der Waals surface area contributed by atoms with Crippen LogP contribution in [0.3, 0.4) is 0 Å². The number of nitrogens with two attached hydrogens (primary N) is 1. The molecule has 0 aliphatic carbocycles. The SMILES string of the molecule is CCN(CC)c1ccc(Oc2nc(Oc3cccc(C(=N)N)c3)c(F)c(NC(C)CCc3ccccc3)c2F)c(C(=O)O)c1.O=C(O)C(F)(F)F. The summed E-state index contributed by atoms with van der Waals surface area (Å²) in [6, 6.07) is 19.9. The predicted octanol–water partition coefficient (Wildman–Crippen LogP) is 7.84. The van der Waals surface area contributed by atoms with E-state index in [1.165, 1.54) is 24.3 Å². The number of alkyl halides is 3. The van der Waals surface area contributed by atoms with E-state index in [-0.39, 0.29) is 28.9 Å². The Hall–Kier alpha value is -5.93. The number of benzene rings is 3. The molecule has 0 saturated heterocycles. The first-order valence-corrected chi connectivity index (χ1v) is 15.5. The second-order valence-corrected chi connectivity index (χ2v) is 10.9. The number of aromatic nitrogens is 1. The maximum Gasteiger partial charge on any atom is 0.490 e. The molecule has 4 rings (SSSR count). The number of hydrogen-bond acceptors (Lipinski definition) is 8. The van der Waals surface area contributed by atoms with Crippen molar-refractivity contribution in [1.29, 1.82) is 5.41 Å². The fraction of sp³-hybridized carbons (Fsp3) is 0.257. The van der Waals surface area contributed by atoms with Crippen LogP contribution in [0.5, 0.6) is 23.3 Å². The molecule has 0 saturated carbocycles. The Bertz CT molecular complexity index is 1840. The lowest BCUT2D eigenvalue weighted by Gasteiger charge is -2.22. The van der Waals surface area contributed by atoms with Crippen LogP contribution in [0.2, 0.25) is 0 Å². The third-order valence-corrected chi connectivity index (χ3v) is 7.25. The van der Waals surface area contributed by atoms with Crippen molar-refractivity contribution in [2.24, 2.45) is 5.73 Å². The Morgan fingerprint density at radius 1 is 0.941 bits per heavy atom. The number of nitrogens with one attached hydrogen (secondary N) is 2. The average Bonchev–Trinajstić information content (AvgIpc) is 3.09. The second-order valence-electron chi connectivity index (χ2n) is 10.9. The van der Waals surface area contributed by atoms with Gasteiger partial charge in [0.2, 0.25) is 11.6 Å². The second kappa shape index (κ2) is 17.6. The van der Waals surface area contributed by atoms with Crippen LogP contribution in [-0.4, -0.2) is 58.3 Å². The van der Waals surface area contributed by atoms with E-state index in [1.54, 1.807) is 25.1 Å². The van der Waals surface area contributed by atoms with E-state index >= 15 is 8.78 Å². The summed E-state index contributed by atoms with van der Waals surface area (Å²) < 4.78 is 74.9. The summed E-state index contributed by atoms with van der Waals surface area (Å²) in [5, 5.41) is 27.6. The predicted molar refractivity (Wildman–Crippen MR) is 180 cm³/mol. The maximum atomic E-state index is 15.9. The van der Waals surface area contributed by atoms with E-state index in [4.69, 9.17) is 30.5 Å². The molecule has 0 aliphatic rings. The Morgan fingerprint density at radius 2 is 1.55 bits per heavy atom. The van der Waals surface area contributed by atoms with Gasteiger partial charge in [-0.05, 0) is 69.5 Å². The maximum absolute atomic E-state index is 15.9. The number of amidine groups is 1. The molecule has 0 aliphatic heterocycles. The molecular weight excluding hydrogens is 681 g/mol. The number of nitrogen functional groups attached to an aromatic ring is 1. The molecule has 1 atom stereocenters. The van der Waals surface area contributed by atoms with Crippen molar-refractivity contribution in [2.45, 2.75) is 45.8 Å². The minimum absolute atomic E-state index is 0.0968. The molecule has 1 aromatic heterocycles. The first kappa shape index (κ1) is 39.5. The Morgan fingerprint density at radius 3 is 2.10 bits per heavy atom. The number of carbonyl (C=O) groups is 2. The van der Waals surface area contributed by atoms with Crippen LogP contribution in [-0.2, 0) is 11.2 Å². The highest BCUT2D eigenvalue weighted by Gasteiger charge is 2.38. The standard InChI is InChI=1S/C33H35F2N5O4.C2HF3O2/c1-4-40(5-2)23-16-17-26(25(19-23)33(41)42)44-32-28(35)29(38-20(3)14-15-21-10-7-6-8-11-21)27(34)31(39-32)43-24-13-9-12-22(18-24)30(36)37;3-2(4,5)1(6)7/h6-13,16-20H,4-5,14-15H2,1-3H3,(H3,36,37)(H,38,39)(H,41,42);(H,6,7). The van der Waals surface area contributed by atoms with Gasteiger partial charge in [-0.1, -0.05) is 42.5 Å². The van der Waals surface area contributed by atoms with Gasteiger partial charge in [0.1, 0.15) is 28.6 Å². The molecule has 11 nitrogen and oxygen atoms in total. The number of ether oxygens (including phenoxy) is 2. The van der Waals surface area contributed by atoms with E-state index in [9.17, 15) is 23.1 Å². The number of aromatic carboxylic acids is 1. The van der Waals surface area contributed by atoms with Crippen LogP contribution < -0.4 is 25.4 Å². The van der Waals surface area contributed by atoms with Crippen molar-refractivity contribution in [2.75, 3.05) is 23.3 Å².